The van der Waals surface area contributed by atoms with Gasteiger partial charge in [0.2, 0.25) is 10.0 Å². The van der Waals surface area contributed by atoms with Gasteiger partial charge in [-0.2, -0.15) is 0 Å². The van der Waals surface area contributed by atoms with Gasteiger partial charge in [-0.1, -0.05) is 18.2 Å². The van der Waals surface area contributed by atoms with Crippen molar-refractivity contribution in [3.63, 3.8) is 0 Å². The minimum atomic E-state index is -3.57. The second-order valence-corrected chi connectivity index (χ2v) is 7.65. The molecule has 0 saturated carbocycles. The number of aryl methyl sites for hydroxylation is 1. The first-order valence-electron chi connectivity index (χ1n) is 8.13. The van der Waals surface area contributed by atoms with Gasteiger partial charge in [0, 0.05) is 43.1 Å². The largest absolute Gasteiger partial charge is 0.387 e. The van der Waals surface area contributed by atoms with Crippen LogP contribution in [0.2, 0.25) is 0 Å². The molecule has 3 aromatic heterocycles. The number of hydrogen-bond donors (Lipinski definition) is 1. The Balaban J connectivity index is 1.96. The molecule has 0 spiro atoms. The second kappa shape index (κ2) is 7.53. The highest BCUT2D eigenvalue weighted by Crippen LogP contribution is 2.28. The van der Waals surface area contributed by atoms with Crippen LogP contribution in [0.25, 0.3) is 17.3 Å². The lowest BCUT2D eigenvalue weighted by Gasteiger charge is -2.10. The van der Waals surface area contributed by atoms with Crippen LogP contribution in [-0.4, -0.2) is 35.2 Å². The van der Waals surface area contributed by atoms with Crippen molar-refractivity contribution in [1.29, 1.82) is 0 Å². The van der Waals surface area contributed by atoms with E-state index in [1.807, 2.05) is 31.2 Å². The van der Waals surface area contributed by atoms with Gasteiger partial charge in [0.05, 0.1) is 17.1 Å². The van der Waals surface area contributed by atoms with Gasteiger partial charge in [-0.3, -0.25) is 9.97 Å². The average molecular weight is 368 g/mol. The molecule has 0 aliphatic carbocycles. The van der Waals surface area contributed by atoms with Crippen LogP contribution in [0.1, 0.15) is 11.3 Å². The van der Waals surface area contributed by atoms with Gasteiger partial charge >= 0.3 is 0 Å². The Labute approximate surface area is 153 Å². The number of rotatable bonds is 6. The first-order valence-corrected chi connectivity index (χ1v) is 9.74. The van der Waals surface area contributed by atoms with Crippen molar-refractivity contribution < 1.29 is 8.42 Å². The molecule has 0 aliphatic rings. The Hall–Kier alpha value is -2.93. The molecule has 3 heterocycles. The highest BCUT2D eigenvalue weighted by atomic mass is 32.2. The summed E-state index contributed by atoms with van der Waals surface area (Å²) in [6.45, 7) is 1.86. The third kappa shape index (κ3) is 3.83. The first-order chi connectivity index (χ1) is 12.5. The van der Waals surface area contributed by atoms with E-state index in [0.717, 1.165) is 22.5 Å². The number of nitrogens with zero attached hydrogens (tertiary/aromatic N) is 3. The van der Waals surface area contributed by atoms with E-state index in [0.29, 0.717) is 5.69 Å². The third-order valence-corrected chi connectivity index (χ3v) is 5.47. The van der Waals surface area contributed by atoms with Crippen LogP contribution in [0.4, 0.5) is 5.69 Å². The Bertz CT molecular complexity index is 1020. The molecule has 0 aromatic carbocycles. The first kappa shape index (κ1) is 17.9. The Kier molecular flexibility index (Phi) is 5.18. The van der Waals surface area contributed by atoms with Crippen molar-refractivity contribution in [2.45, 2.75) is 6.92 Å². The fourth-order valence-corrected chi connectivity index (χ4v) is 3.85. The molecule has 0 saturated heterocycles. The molecule has 0 radical (unpaired) electrons. The fraction of sp³-hybridized carbons (Fsp3) is 0.158. The summed E-state index contributed by atoms with van der Waals surface area (Å²) >= 11 is 0. The molecule has 0 amide bonds. The summed E-state index contributed by atoms with van der Waals surface area (Å²) in [4.78, 5) is 8.28. The van der Waals surface area contributed by atoms with E-state index in [4.69, 9.17) is 0 Å². The highest BCUT2D eigenvalue weighted by Gasteiger charge is 2.19. The summed E-state index contributed by atoms with van der Waals surface area (Å²) in [5, 5.41) is 3.00. The molecular weight excluding hydrogens is 348 g/mol. The fourth-order valence-electron chi connectivity index (χ4n) is 2.62. The minimum absolute atomic E-state index is 0.119. The van der Waals surface area contributed by atoms with Crippen LogP contribution in [0, 0.1) is 6.92 Å². The number of hydrogen-bond acceptors (Lipinski definition) is 5. The zero-order valence-electron chi connectivity index (χ0n) is 14.6. The Morgan fingerprint density at radius 2 is 2.04 bits per heavy atom. The molecule has 3 aromatic rings. The molecule has 7 heteroatoms. The molecule has 134 valence electrons. The Morgan fingerprint density at radius 3 is 2.73 bits per heavy atom. The van der Waals surface area contributed by atoms with Crippen LogP contribution in [-0.2, 0) is 10.0 Å². The van der Waals surface area contributed by atoms with Gasteiger partial charge < -0.3 is 5.32 Å². The summed E-state index contributed by atoms with van der Waals surface area (Å²) in [7, 11) is -1.82. The number of pyridine rings is 2. The third-order valence-electron chi connectivity index (χ3n) is 3.96. The van der Waals surface area contributed by atoms with Crippen molar-refractivity contribution in [3.05, 3.63) is 72.5 Å². The predicted octanol–water partition coefficient (Wildman–Crippen LogP) is 3.19. The van der Waals surface area contributed by atoms with Crippen molar-refractivity contribution in [1.82, 2.24) is 13.9 Å². The van der Waals surface area contributed by atoms with Crippen molar-refractivity contribution in [3.8, 4) is 11.3 Å². The van der Waals surface area contributed by atoms with E-state index in [2.05, 4.69) is 15.3 Å². The maximum absolute atomic E-state index is 12.9. The second-order valence-electron chi connectivity index (χ2n) is 5.76. The van der Waals surface area contributed by atoms with Gasteiger partial charge in [-0.15, -0.1) is 0 Å². The van der Waals surface area contributed by atoms with Crippen LogP contribution in [0.15, 0.2) is 61.2 Å². The molecule has 3 rings (SSSR count). The SMILES string of the molecule is CNc1cc(-c2cccnc2C)n(S(=O)(=O)CC=Cc2cccnc2)c1. The number of aromatic nitrogens is 3. The zero-order valence-corrected chi connectivity index (χ0v) is 15.4. The number of anilines is 1. The quantitative estimate of drug-likeness (QED) is 0.723. The molecule has 0 unspecified atom stereocenters. The van der Waals surface area contributed by atoms with E-state index < -0.39 is 10.0 Å². The smallest absolute Gasteiger partial charge is 0.242 e. The van der Waals surface area contributed by atoms with E-state index in [1.165, 1.54) is 3.97 Å². The average Bonchev–Trinajstić information content (AvgIpc) is 3.08. The molecule has 0 aliphatic heterocycles. The lowest BCUT2D eigenvalue weighted by Crippen LogP contribution is -2.15. The van der Waals surface area contributed by atoms with Gasteiger partial charge in [-0.25, -0.2) is 12.4 Å². The van der Waals surface area contributed by atoms with Gasteiger partial charge in [-0.05, 0) is 36.8 Å². The van der Waals surface area contributed by atoms with Crippen LogP contribution in [0.5, 0.6) is 0 Å². The highest BCUT2D eigenvalue weighted by molar-refractivity contribution is 7.90. The lowest BCUT2D eigenvalue weighted by molar-refractivity contribution is 0.591. The summed E-state index contributed by atoms with van der Waals surface area (Å²) in [5.41, 5.74) is 3.73. The van der Waals surface area contributed by atoms with Crippen molar-refractivity contribution in [2.75, 3.05) is 18.1 Å². The molecule has 1 N–H and O–H groups in total. The van der Waals surface area contributed by atoms with Crippen LogP contribution in [0.3, 0.4) is 0 Å². The van der Waals surface area contributed by atoms with Crippen LogP contribution < -0.4 is 5.32 Å². The summed E-state index contributed by atoms with van der Waals surface area (Å²) in [6, 6.07) is 9.16. The standard InChI is InChI=1S/C19H20N4O2S/c1-15-18(8-4-10-22-15)19-12-17(20-2)14-23(19)26(24,25)11-5-7-16-6-3-9-21-13-16/h3-10,12-14,20H,11H2,1-2H3. The van der Waals surface area contributed by atoms with E-state index in [-0.39, 0.29) is 5.75 Å². The monoisotopic (exact) mass is 368 g/mol. The van der Waals surface area contributed by atoms with Crippen LogP contribution >= 0.6 is 0 Å². The molecule has 26 heavy (non-hydrogen) atoms. The van der Waals surface area contributed by atoms with Crippen molar-refractivity contribution in [2.24, 2.45) is 0 Å². The maximum Gasteiger partial charge on any atom is 0.242 e. The van der Waals surface area contributed by atoms with Gasteiger partial charge in [0.1, 0.15) is 0 Å². The van der Waals surface area contributed by atoms with Crippen molar-refractivity contribution >= 4 is 21.8 Å². The predicted molar refractivity (Wildman–Crippen MR) is 104 cm³/mol. The summed E-state index contributed by atoms with van der Waals surface area (Å²) in [5.74, 6) is -0.119. The van der Waals surface area contributed by atoms with E-state index >= 15 is 0 Å². The van der Waals surface area contributed by atoms with E-state index in [1.54, 1.807) is 50.1 Å². The number of nitrogens with one attached hydrogen (secondary N) is 1. The molecule has 0 fully saturated rings. The normalized spacial score (nSPS) is 11.8. The zero-order chi connectivity index (χ0) is 18.6. The summed E-state index contributed by atoms with van der Waals surface area (Å²) in [6.07, 6.45) is 10.0. The molecular formula is C19H20N4O2S. The van der Waals surface area contributed by atoms with Gasteiger partial charge in [0.15, 0.2) is 0 Å². The minimum Gasteiger partial charge on any atom is -0.387 e. The van der Waals surface area contributed by atoms with E-state index in [9.17, 15) is 8.42 Å². The molecule has 0 bridgehead atoms. The van der Waals surface area contributed by atoms with Gasteiger partial charge in [0.25, 0.3) is 0 Å². The summed E-state index contributed by atoms with van der Waals surface area (Å²) < 4.78 is 27.1. The lowest BCUT2D eigenvalue weighted by atomic mass is 10.1. The molecule has 0 atom stereocenters. The maximum atomic E-state index is 12.9. The Morgan fingerprint density at radius 1 is 1.23 bits per heavy atom. The molecule has 6 nitrogen and oxygen atoms in total. The topological polar surface area (TPSA) is 76.9 Å².